The third-order valence-corrected chi connectivity index (χ3v) is 10.9. The molecule has 1 saturated heterocycles. The van der Waals surface area contributed by atoms with E-state index in [-0.39, 0.29) is 6.42 Å². The number of allylic oxidation sites excluding steroid dienone is 7. The number of amides is 1. The number of aliphatic hydroxyl groups excluding tert-OH is 5. The van der Waals surface area contributed by atoms with E-state index in [4.69, 9.17) is 14.0 Å². The molecule has 1 aliphatic rings. The van der Waals surface area contributed by atoms with Gasteiger partial charge in [0, 0.05) is 0 Å². The molecule has 1 amide bonds. The van der Waals surface area contributed by atoms with Crippen LogP contribution in [-0.2, 0) is 28.9 Å². The van der Waals surface area contributed by atoms with E-state index in [9.17, 15) is 38.7 Å². The summed E-state index contributed by atoms with van der Waals surface area (Å²) in [6, 6.07) is -1.14. The van der Waals surface area contributed by atoms with Crippen LogP contribution in [0.2, 0.25) is 0 Å². The van der Waals surface area contributed by atoms with E-state index in [1.165, 1.54) is 70.3 Å². The van der Waals surface area contributed by atoms with Crippen molar-refractivity contribution in [2.24, 2.45) is 0 Å². The number of ether oxygens (including phenoxy) is 2. The fraction of sp³-hybridized carbons (Fsp3) is 0.800. The second-order valence-electron chi connectivity index (χ2n) is 15.8. The Balaban J connectivity index is 2.48. The number of hydrogen-bond donors (Lipinski definition) is 7. The van der Waals surface area contributed by atoms with Crippen molar-refractivity contribution < 1.29 is 57.0 Å². The third-order valence-electron chi connectivity index (χ3n) is 10.4. The highest BCUT2D eigenvalue weighted by atomic mass is 32.3. The number of carbonyl (C=O) groups is 1. The zero-order valence-electron chi connectivity index (χ0n) is 36.2. The molecule has 1 fully saturated rings. The molecule has 0 aromatic rings. The van der Waals surface area contributed by atoms with E-state index >= 15 is 0 Å². The number of unbranched alkanes of at least 4 members (excludes halogenated alkanes) is 18. The molecule has 344 valence electrons. The van der Waals surface area contributed by atoms with E-state index in [0.29, 0.717) is 12.8 Å². The van der Waals surface area contributed by atoms with E-state index < -0.39 is 78.5 Å². The van der Waals surface area contributed by atoms with Gasteiger partial charge in [-0.25, -0.2) is 4.18 Å². The summed E-state index contributed by atoms with van der Waals surface area (Å²) in [5.41, 5.74) is 0. The van der Waals surface area contributed by atoms with Gasteiger partial charge < -0.3 is 40.3 Å². The van der Waals surface area contributed by atoms with E-state index in [0.717, 1.165) is 70.6 Å². The average molecular weight is 860 g/mol. The number of rotatable bonds is 37. The average Bonchev–Trinajstić information content (AvgIpc) is 3.20. The molecule has 7 N–H and O–H groups in total. The lowest BCUT2D eigenvalue weighted by Gasteiger charge is -2.41. The molecule has 8 unspecified atom stereocenters. The molecule has 0 bridgehead atoms. The molecule has 0 aromatic heterocycles. The summed E-state index contributed by atoms with van der Waals surface area (Å²) in [7, 11) is -5.12. The Labute approximate surface area is 356 Å². The van der Waals surface area contributed by atoms with Crippen molar-refractivity contribution in [3.05, 3.63) is 48.6 Å². The first-order chi connectivity index (χ1) is 28.4. The van der Waals surface area contributed by atoms with Crippen molar-refractivity contribution >= 4 is 16.3 Å². The Morgan fingerprint density at radius 1 is 0.695 bits per heavy atom. The molecule has 0 saturated carbocycles. The molecule has 14 heteroatoms. The van der Waals surface area contributed by atoms with Gasteiger partial charge in [-0.2, -0.15) is 8.42 Å². The van der Waals surface area contributed by atoms with Crippen molar-refractivity contribution in [1.82, 2.24) is 5.32 Å². The first-order valence-electron chi connectivity index (χ1n) is 22.6. The molecule has 1 rings (SSSR count). The van der Waals surface area contributed by atoms with Crippen molar-refractivity contribution in [3.63, 3.8) is 0 Å². The summed E-state index contributed by atoms with van der Waals surface area (Å²) < 4.78 is 47.3. The SMILES string of the molecule is CCCC/C=C/CC/C=C/C(O)C(COC1OC(CO)C(O)C(OS(=O)(=O)O)C1O)NC(=O)C(O)CCCCCCCC/C=C\C/C=C\CCCCCCCCCCC. The van der Waals surface area contributed by atoms with Gasteiger partial charge in [0.15, 0.2) is 6.29 Å². The normalized spacial score (nSPS) is 21.9. The predicted octanol–water partition coefficient (Wildman–Crippen LogP) is 7.46. The maximum absolute atomic E-state index is 13.0. The van der Waals surface area contributed by atoms with Crippen LogP contribution in [0.3, 0.4) is 0 Å². The summed E-state index contributed by atoms with van der Waals surface area (Å²) in [5, 5.41) is 54.9. The standard InChI is InChI=1S/C45H81NO12S/c1-3-5-7-9-11-13-14-15-16-17-18-19-20-21-22-23-24-25-26-28-30-32-34-39(49)44(52)46-37(38(48)33-31-29-27-12-10-8-6-4-2)36-56-45-42(51)43(58-59(53,54)55)41(50)40(35-47)57-45/h10,12,18-19,21-22,31,33,37-43,45,47-51H,3-9,11,13-17,20,23-30,32,34-36H2,1-2H3,(H,46,52)(H,53,54,55)/b12-10+,19-18-,22-21-,33-31+. The molecule has 8 atom stereocenters. The van der Waals surface area contributed by atoms with E-state index in [2.05, 4.69) is 59.8 Å². The quantitative estimate of drug-likeness (QED) is 0.0184. The van der Waals surface area contributed by atoms with Crippen LogP contribution in [0.5, 0.6) is 0 Å². The lowest BCUT2D eigenvalue weighted by Crippen LogP contribution is -2.61. The van der Waals surface area contributed by atoms with Crippen LogP contribution in [0, 0.1) is 0 Å². The maximum Gasteiger partial charge on any atom is 0.397 e. The lowest BCUT2D eigenvalue weighted by molar-refractivity contribution is -0.298. The summed E-state index contributed by atoms with van der Waals surface area (Å²) in [4.78, 5) is 13.0. The Kier molecular flexibility index (Phi) is 33.2. The van der Waals surface area contributed by atoms with Crippen molar-refractivity contribution in [1.29, 1.82) is 0 Å². The van der Waals surface area contributed by atoms with Gasteiger partial charge >= 0.3 is 10.4 Å². The first kappa shape index (κ1) is 55.0. The van der Waals surface area contributed by atoms with Crippen molar-refractivity contribution in [3.8, 4) is 0 Å². The summed E-state index contributed by atoms with van der Waals surface area (Å²) in [5.74, 6) is -0.726. The summed E-state index contributed by atoms with van der Waals surface area (Å²) in [6.07, 6.45) is 30.9. The molecule has 13 nitrogen and oxygen atoms in total. The Morgan fingerprint density at radius 3 is 1.78 bits per heavy atom. The minimum Gasteiger partial charge on any atom is -0.394 e. The highest BCUT2D eigenvalue weighted by Crippen LogP contribution is 2.26. The zero-order valence-corrected chi connectivity index (χ0v) is 37.0. The van der Waals surface area contributed by atoms with Crippen LogP contribution < -0.4 is 5.32 Å². The van der Waals surface area contributed by atoms with Crippen LogP contribution in [-0.4, -0.2) is 107 Å². The first-order valence-corrected chi connectivity index (χ1v) is 24.0. The fourth-order valence-electron chi connectivity index (χ4n) is 6.79. The van der Waals surface area contributed by atoms with E-state index in [1.807, 2.05) is 0 Å². The highest BCUT2D eigenvalue weighted by molar-refractivity contribution is 7.80. The molecule has 0 aliphatic carbocycles. The molecular formula is C45H81NO12S. The molecule has 59 heavy (non-hydrogen) atoms. The number of aliphatic hydroxyl groups is 5. The monoisotopic (exact) mass is 860 g/mol. The van der Waals surface area contributed by atoms with Crippen molar-refractivity contribution in [2.75, 3.05) is 13.2 Å². The van der Waals surface area contributed by atoms with Crippen LogP contribution in [0.4, 0.5) is 0 Å². The van der Waals surface area contributed by atoms with Crippen LogP contribution >= 0.6 is 0 Å². The maximum atomic E-state index is 13.0. The molecule has 1 aliphatic heterocycles. The summed E-state index contributed by atoms with van der Waals surface area (Å²) in [6.45, 7) is 3.09. The van der Waals surface area contributed by atoms with Gasteiger partial charge in [0.2, 0.25) is 5.91 Å². The molecule has 0 spiro atoms. The van der Waals surface area contributed by atoms with Crippen LogP contribution in [0.15, 0.2) is 48.6 Å². The fourth-order valence-corrected chi connectivity index (χ4v) is 7.29. The smallest absolute Gasteiger partial charge is 0.394 e. The second-order valence-corrected chi connectivity index (χ2v) is 16.8. The highest BCUT2D eigenvalue weighted by Gasteiger charge is 2.48. The van der Waals surface area contributed by atoms with Gasteiger partial charge in [0.05, 0.1) is 25.4 Å². The Hall–Kier alpha value is -1.98. The van der Waals surface area contributed by atoms with Crippen molar-refractivity contribution in [2.45, 2.75) is 217 Å². The van der Waals surface area contributed by atoms with Gasteiger partial charge in [-0.05, 0) is 57.8 Å². The minimum atomic E-state index is -5.12. The second kappa shape index (κ2) is 35.6. The predicted molar refractivity (Wildman–Crippen MR) is 233 cm³/mol. The minimum absolute atomic E-state index is 0.222. The largest absolute Gasteiger partial charge is 0.397 e. The van der Waals surface area contributed by atoms with Crippen LogP contribution in [0.1, 0.15) is 168 Å². The summed E-state index contributed by atoms with van der Waals surface area (Å²) >= 11 is 0. The lowest BCUT2D eigenvalue weighted by atomic mass is 9.99. The van der Waals surface area contributed by atoms with Gasteiger partial charge in [-0.15, -0.1) is 0 Å². The van der Waals surface area contributed by atoms with Crippen LogP contribution in [0.25, 0.3) is 0 Å². The van der Waals surface area contributed by atoms with Gasteiger partial charge in [0.1, 0.15) is 30.5 Å². The molecule has 0 aromatic carbocycles. The van der Waals surface area contributed by atoms with Gasteiger partial charge in [-0.3, -0.25) is 9.35 Å². The number of hydrogen-bond acceptors (Lipinski definition) is 11. The Bertz CT molecular complexity index is 1260. The van der Waals surface area contributed by atoms with E-state index in [1.54, 1.807) is 6.08 Å². The topological polar surface area (TPSA) is 212 Å². The number of nitrogens with one attached hydrogen (secondary N) is 1. The number of carbonyl (C=O) groups excluding carboxylic acids is 1. The zero-order chi connectivity index (χ0) is 43.6. The molecule has 1 heterocycles. The van der Waals surface area contributed by atoms with Gasteiger partial charge in [-0.1, -0.05) is 159 Å². The molecular weight excluding hydrogens is 779 g/mol. The van der Waals surface area contributed by atoms with Gasteiger partial charge in [0.25, 0.3) is 0 Å². The third kappa shape index (κ3) is 28.3. The Morgan fingerprint density at radius 2 is 1.20 bits per heavy atom. The molecule has 0 radical (unpaired) electrons.